The van der Waals surface area contributed by atoms with E-state index in [0.29, 0.717) is 34.9 Å². The van der Waals surface area contributed by atoms with Crippen molar-refractivity contribution in [3.8, 4) is 0 Å². The van der Waals surface area contributed by atoms with Crippen LogP contribution >= 0.6 is 11.8 Å². The summed E-state index contributed by atoms with van der Waals surface area (Å²) in [6.45, 7) is 3.63. The first-order valence-corrected chi connectivity index (χ1v) is 7.12. The summed E-state index contributed by atoms with van der Waals surface area (Å²) in [4.78, 5) is 20.7. The van der Waals surface area contributed by atoms with E-state index in [1.807, 2.05) is 20.1 Å². The lowest BCUT2D eigenvalue weighted by molar-refractivity contribution is 0.0561. The summed E-state index contributed by atoms with van der Waals surface area (Å²) in [5.74, 6) is 0.529. The van der Waals surface area contributed by atoms with Gasteiger partial charge in [-0.1, -0.05) is 0 Å². The highest BCUT2D eigenvalue weighted by Gasteiger charge is 2.30. The molecule has 1 aliphatic carbocycles. The van der Waals surface area contributed by atoms with Gasteiger partial charge in [-0.25, -0.2) is 9.97 Å². The highest BCUT2D eigenvalue weighted by Crippen LogP contribution is 2.23. The number of nitrogens with zero attached hydrogens (tertiary/aromatic N) is 2. The average molecular weight is 267 g/mol. The molecule has 0 aromatic carbocycles. The monoisotopic (exact) mass is 267 g/mol. The highest BCUT2D eigenvalue weighted by molar-refractivity contribution is 7.98. The molecule has 1 saturated carbocycles. The third-order valence-corrected chi connectivity index (χ3v) is 3.72. The van der Waals surface area contributed by atoms with Gasteiger partial charge in [0.2, 0.25) is 0 Å². The standard InChI is InChI=1S/C12H17N3O2S/c1-6-10(12(18-3)14-7(2)13-6)11(17)15-8-4-9(16)5-8/h8-9,16H,4-5H2,1-3H3,(H,15,17). The van der Waals surface area contributed by atoms with Gasteiger partial charge in [-0.2, -0.15) is 0 Å². The summed E-state index contributed by atoms with van der Waals surface area (Å²) in [7, 11) is 0. The molecule has 98 valence electrons. The zero-order valence-electron chi connectivity index (χ0n) is 10.7. The van der Waals surface area contributed by atoms with Gasteiger partial charge >= 0.3 is 0 Å². The molecule has 1 aliphatic rings. The van der Waals surface area contributed by atoms with Crippen LogP contribution in [0.4, 0.5) is 0 Å². The number of thioether (sulfide) groups is 1. The Hall–Kier alpha value is -1.14. The Morgan fingerprint density at radius 3 is 2.61 bits per heavy atom. The number of nitrogens with one attached hydrogen (secondary N) is 1. The number of carbonyl (C=O) groups is 1. The van der Waals surface area contributed by atoms with Crippen LogP contribution in [-0.2, 0) is 0 Å². The predicted molar refractivity (Wildman–Crippen MR) is 69.8 cm³/mol. The van der Waals surface area contributed by atoms with E-state index in [-0.39, 0.29) is 18.1 Å². The Morgan fingerprint density at radius 2 is 2.06 bits per heavy atom. The molecular formula is C12H17N3O2S. The lowest BCUT2D eigenvalue weighted by atomic mass is 9.89. The van der Waals surface area contributed by atoms with Gasteiger partial charge in [-0.15, -0.1) is 11.8 Å². The predicted octanol–water partition coefficient (Wildman–Crippen LogP) is 1.07. The number of aliphatic hydroxyl groups excluding tert-OH is 1. The molecule has 6 heteroatoms. The summed E-state index contributed by atoms with van der Waals surface area (Å²) in [6.07, 6.45) is 2.88. The molecule has 2 rings (SSSR count). The number of amides is 1. The zero-order valence-corrected chi connectivity index (χ0v) is 11.5. The highest BCUT2D eigenvalue weighted by atomic mass is 32.2. The van der Waals surface area contributed by atoms with Crippen molar-refractivity contribution < 1.29 is 9.90 Å². The minimum atomic E-state index is -0.273. The largest absolute Gasteiger partial charge is 0.393 e. The third-order valence-electron chi connectivity index (χ3n) is 3.04. The van der Waals surface area contributed by atoms with Crippen molar-refractivity contribution in [2.75, 3.05) is 6.26 Å². The van der Waals surface area contributed by atoms with Crippen LogP contribution < -0.4 is 5.32 Å². The first-order valence-electron chi connectivity index (χ1n) is 5.89. The van der Waals surface area contributed by atoms with Crippen LogP contribution in [0.3, 0.4) is 0 Å². The molecule has 1 amide bonds. The zero-order chi connectivity index (χ0) is 13.3. The summed E-state index contributed by atoms with van der Waals surface area (Å²) in [5, 5.41) is 12.8. The van der Waals surface area contributed by atoms with Crippen molar-refractivity contribution in [1.82, 2.24) is 15.3 Å². The molecular weight excluding hydrogens is 250 g/mol. The van der Waals surface area contributed by atoms with E-state index < -0.39 is 0 Å². The van der Waals surface area contributed by atoms with Crippen molar-refractivity contribution in [2.45, 2.75) is 43.9 Å². The van der Waals surface area contributed by atoms with Crippen molar-refractivity contribution in [3.63, 3.8) is 0 Å². The van der Waals surface area contributed by atoms with Gasteiger partial charge in [0.15, 0.2) is 0 Å². The van der Waals surface area contributed by atoms with E-state index >= 15 is 0 Å². The molecule has 0 saturated heterocycles. The van der Waals surface area contributed by atoms with Gasteiger partial charge in [0.25, 0.3) is 5.91 Å². The molecule has 1 aromatic rings. The molecule has 0 unspecified atom stereocenters. The maximum Gasteiger partial charge on any atom is 0.256 e. The Morgan fingerprint density at radius 1 is 1.39 bits per heavy atom. The Bertz CT molecular complexity index is 473. The number of aliphatic hydroxyl groups is 1. The van der Waals surface area contributed by atoms with Crippen molar-refractivity contribution in [1.29, 1.82) is 0 Å². The topological polar surface area (TPSA) is 75.1 Å². The van der Waals surface area contributed by atoms with Crippen LogP contribution in [0.1, 0.15) is 34.7 Å². The molecule has 18 heavy (non-hydrogen) atoms. The van der Waals surface area contributed by atoms with E-state index in [2.05, 4.69) is 15.3 Å². The van der Waals surface area contributed by atoms with Crippen LogP contribution in [0.25, 0.3) is 0 Å². The van der Waals surface area contributed by atoms with Gasteiger partial charge in [0.05, 0.1) is 17.4 Å². The second kappa shape index (κ2) is 5.24. The lowest BCUT2D eigenvalue weighted by Gasteiger charge is -2.32. The number of hydrogen-bond donors (Lipinski definition) is 2. The minimum Gasteiger partial charge on any atom is -0.393 e. The summed E-state index contributed by atoms with van der Waals surface area (Å²) in [5.41, 5.74) is 1.25. The molecule has 5 nitrogen and oxygen atoms in total. The molecule has 0 bridgehead atoms. The maximum absolute atomic E-state index is 12.2. The fraction of sp³-hybridized carbons (Fsp3) is 0.583. The molecule has 1 fully saturated rings. The molecule has 0 spiro atoms. The molecule has 2 N–H and O–H groups in total. The van der Waals surface area contributed by atoms with Gasteiger partial charge in [-0.3, -0.25) is 4.79 Å². The second-order valence-electron chi connectivity index (χ2n) is 4.54. The van der Waals surface area contributed by atoms with Crippen LogP contribution in [0, 0.1) is 13.8 Å². The van der Waals surface area contributed by atoms with Gasteiger partial charge < -0.3 is 10.4 Å². The molecule has 1 heterocycles. The van der Waals surface area contributed by atoms with Crippen LogP contribution in [-0.4, -0.2) is 39.4 Å². The van der Waals surface area contributed by atoms with E-state index in [4.69, 9.17) is 0 Å². The van der Waals surface area contributed by atoms with Crippen molar-refractivity contribution in [3.05, 3.63) is 17.1 Å². The lowest BCUT2D eigenvalue weighted by Crippen LogP contribution is -2.47. The SMILES string of the molecule is CSc1nc(C)nc(C)c1C(=O)NC1CC(O)C1. The fourth-order valence-electron chi connectivity index (χ4n) is 2.05. The quantitative estimate of drug-likeness (QED) is 0.633. The van der Waals surface area contributed by atoms with Crippen molar-refractivity contribution >= 4 is 17.7 Å². The molecule has 0 radical (unpaired) electrons. The van der Waals surface area contributed by atoms with Gasteiger partial charge in [0, 0.05) is 6.04 Å². The average Bonchev–Trinajstić information content (AvgIpc) is 2.25. The van der Waals surface area contributed by atoms with E-state index in [1.54, 1.807) is 0 Å². The molecule has 0 atom stereocenters. The van der Waals surface area contributed by atoms with Gasteiger partial charge in [0.1, 0.15) is 10.9 Å². The maximum atomic E-state index is 12.2. The summed E-state index contributed by atoms with van der Waals surface area (Å²) in [6, 6.07) is 0.0721. The summed E-state index contributed by atoms with van der Waals surface area (Å²) < 4.78 is 0. The van der Waals surface area contributed by atoms with Crippen LogP contribution in [0.5, 0.6) is 0 Å². The third kappa shape index (κ3) is 2.64. The number of aryl methyl sites for hydroxylation is 2. The Kier molecular flexibility index (Phi) is 3.87. The Balaban J connectivity index is 2.18. The number of rotatable bonds is 3. The van der Waals surface area contributed by atoms with Crippen LogP contribution in [0.2, 0.25) is 0 Å². The molecule has 1 aromatic heterocycles. The van der Waals surface area contributed by atoms with Gasteiger partial charge in [-0.05, 0) is 32.9 Å². The number of hydrogen-bond acceptors (Lipinski definition) is 5. The first-order chi connectivity index (χ1) is 8.51. The smallest absolute Gasteiger partial charge is 0.256 e. The second-order valence-corrected chi connectivity index (χ2v) is 5.33. The minimum absolute atomic E-state index is 0.0721. The fourth-order valence-corrected chi connectivity index (χ4v) is 2.72. The molecule has 0 aliphatic heterocycles. The summed E-state index contributed by atoms with van der Waals surface area (Å²) >= 11 is 1.44. The number of aromatic nitrogens is 2. The van der Waals surface area contributed by atoms with E-state index in [9.17, 15) is 9.90 Å². The Labute approximate surface area is 110 Å². The normalized spacial score (nSPS) is 22.4. The van der Waals surface area contributed by atoms with E-state index in [0.717, 1.165) is 0 Å². The first kappa shape index (κ1) is 13.3. The number of carbonyl (C=O) groups excluding carboxylic acids is 1. The van der Waals surface area contributed by atoms with E-state index in [1.165, 1.54) is 11.8 Å². The van der Waals surface area contributed by atoms with Crippen LogP contribution in [0.15, 0.2) is 5.03 Å². The van der Waals surface area contributed by atoms with Crippen molar-refractivity contribution in [2.24, 2.45) is 0 Å².